The first-order valence-corrected chi connectivity index (χ1v) is 36.4. The number of para-hydroxylation sites is 2. The zero-order chi connectivity index (χ0) is 56.3. The summed E-state index contributed by atoms with van der Waals surface area (Å²) in [5.41, 5.74) is 6.66. The SMILES string of the molecule is CC[C@@]1(O)C(=O)OCc2c1cc1n(c2=O)Cc2c-1nc1ccccc1c2CC[Si](C)(C)CI.CC[C@@]1(O)C(=O)OCc2c1cc1n(c2=O)Cc2c-1nc1ccccc1c2CC[Si](C)(C)CSc1nccn1C.Cn1cc[nH]c1=S. The number of aliphatic hydroxyl groups is 2. The number of imidazole rings is 2. The van der Waals surface area contributed by atoms with Gasteiger partial charge in [0.05, 0.1) is 74.2 Å². The summed E-state index contributed by atoms with van der Waals surface area (Å²) in [6.07, 6.45) is 9.62. The lowest BCUT2D eigenvalue weighted by molar-refractivity contribution is -0.172. The topological polar surface area (TPSA) is 201 Å². The monoisotopic (exact) mass is 1250 g/mol. The molecule has 3 N–H and O–H groups in total. The van der Waals surface area contributed by atoms with E-state index in [1.807, 2.05) is 91.6 Å². The van der Waals surface area contributed by atoms with E-state index in [0.29, 0.717) is 46.7 Å². The number of cyclic esters (lactones) is 2. The molecule has 6 aromatic heterocycles. The summed E-state index contributed by atoms with van der Waals surface area (Å²) in [5.74, 6) is -1.40. The summed E-state index contributed by atoms with van der Waals surface area (Å²) in [7, 11) is 1.02. The smallest absolute Gasteiger partial charge is 0.343 e. The van der Waals surface area contributed by atoms with Gasteiger partial charge in [0.1, 0.15) is 13.2 Å². The number of pyridine rings is 4. The second kappa shape index (κ2) is 21.9. The number of esters is 2. The number of benzene rings is 2. The highest BCUT2D eigenvalue weighted by atomic mass is 127. The number of nitrogens with one attached hydrogen (secondary N) is 1. The minimum absolute atomic E-state index is 0.107. The summed E-state index contributed by atoms with van der Waals surface area (Å²) in [5, 5.41) is 26.7. The Morgan fingerprint density at radius 2 is 1.19 bits per heavy atom. The van der Waals surface area contributed by atoms with Gasteiger partial charge in [-0.25, -0.2) is 24.5 Å². The molecule has 412 valence electrons. The van der Waals surface area contributed by atoms with Crippen molar-refractivity contribution < 1.29 is 29.3 Å². The molecule has 0 aliphatic carbocycles. The summed E-state index contributed by atoms with van der Waals surface area (Å²) < 4.78 is 19.7. The number of rotatable bonds is 12. The third kappa shape index (κ3) is 10.4. The fraction of sp³-hybridized carbons (Fsp3) is 0.379. The summed E-state index contributed by atoms with van der Waals surface area (Å²) in [6, 6.07) is 22.1. The molecule has 0 bridgehead atoms. The Kier molecular flexibility index (Phi) is 15.7. The second-order valence-corrected chi connectivity index (χ2v) is 36.9. The number of halogens is 1. The number of H-pyrrole nitrogens is 1. The Bertz CT molecular complexity index is 3940. The van der Waals surface area contributed by atoms with E-state index in [1.165, 1.54) is 15.2 Å². The molecule has 0 amide bonds. The van der Waals surface area contributed by atoms with Crippen LogP contribution in [0.15, 0.2) is 100 Å². The highest BCUT2D eigenvalue weighted by molar-refractivity contribution is 14.1. The van der Waals surface area contributed by atoms with Crippen LogP contribution in [0.4, 0.5) is 0 Å². The van der Waals surface area contributed by atoms with Crippen molar-refractivity contribution in [1.82, 2.24) is 38.2 Å². The van der Waals surface area contributed by atoms with E-state index in [4.69, 9.17) is 31.7 Å². The Hall–Kier alpha value is -5.83. The number of aromatic nitrogens is 8. The van der Waals surface area contributed by atoms with Gasteiger partial charge in [-0.2, -0.15) is 0 Å². The van der Waals surface area contributed by atoms with E-state index >= 15 is 0 Å². The van der Waals surface area contributed by atoms with Gasteiger partial charge >= 0.3 is 11.9 Å². The van der Waals surface area contributed by atoms with E-state index in [2.05, 4.69) is 75.4 Å². The van der Waals surface area contributed by atoms with Crippen molar-refractivity contribution in [3.63, 3.8) is 0 Å². The van der Waals surface area contributed by atoms with Crippen LogP contribution in [0.3, 0.4) is 0 Å². The minimum Gasteiger partial charge on any atom is -0.458 e. The molecule has 79 heavy (non-hydrogen) atoms. The number of ether oxygens (including phenoxy) is 2. The summed E-state index contributed by atoms with van der Waals surface area (Å²) in [4.78, 5) is 69.4. The zero-order valence-electron chi connectivity index (χ0n) is 45.7. The van der Waals surface area contributed by atoms with Crippen LogP contribution in [-0.4, -0.2) is 85.9 Å². The van der Waals surface area contributed by atoms with Gasteiger partial charge in [0.25, 0.3) is 11.1 Å². The molecule has 0 radical (unpaired) electrons. The number of hydrogen-bond acceptors (Lipinski definition) is 13. The van der Waals surface area contributed by atoms with Gasteiger partial charge in [-0.15, -0.1) is 0 Å². The maximum atomic E-state index is 13.7. The quantitative estimate of drug-likeness (QED) is 0.0261. The molecule has 4 aliphatic heterocycles. The maximum absolute atomic E-state index is 13.7. The number of nitrogens with zero attached hydrogens (tertiary/aromatic N) is 7. The number of hydrogen-bond donors (Lipinski definition) is 3. The summed E-state index contributed by atoms with van der Waals surface area (Å²) >= 11 is 9.12. The van der Waals surface area contributed by atoms with Crippen LogP contribution in [0.25, 0.3) is 44.6 Å². The molecule has 16 nitrogen and oxygen atoms in total. The van der Waals surface area contributed by atoms with Crippen molar-refractivity contribution in [2.75, 3.05) is 9.43 Å². The zero-order valence-corrected chi connectivity index (χ0v) is 51.5. The molecule has 2 aromatic carbocycles. The predicted molar refractivity (Wildman–Crippen MR) is 324 cm³/mol. The van der Waals surface area contributed by atoms with Crippen LogP contribution in [0.5, 0.6) is 0 Å². The number of thioether (sulfide) groups is 1. The van der Waals surface area contributed by atoms with Crippen molar-refractivity contribution in [3.8, 4) is 22.8 Å². The molecule has 8 aromatic rings. The Labute approximate surface area is 482 Å². The number of carbonyl (C=O) groups excluding carboxylic acids is 2. The lowest BCUT2D eigenvalue weighted by atomic mass is 9.86. The lowest BCUT2D eigenvalue weighted by Gasteiger charge is -2.31. The van der Waals surface area contributed by atoms with Crippen molar-refractivity contribution in [1.29, 1.82) is 0 Å². The number of aromatic amines is 1. The second-order valence-electron chi connectivity index (χ2n) is 22.5. The molecule has 12 rings (SSSR count). The van der Waals surface area contributed by atoms with Crippen LogP contribution in [0.2, 0.25) is 38.3 Å². The third-order valence-electron chi connectivity index (χ3n) is 16.1. The van der Waals surface area contributed by atoms with Gasteiger partial charge in [-0.05, 0) is 82.7 Å². The van der Waals surface area contributed by atoms with Crippen LogP contribution in [0.1, 0.15) is 71.2 Å². The first-order chi connectivity index (χ1) is 37.6. The Balaban J connectivity index is 0.000000160. The van der Waals surface area contributed by atoms with Gasteiger partial charge in [-0.1, -0.05) is 123 Å². The van der Waals surface area contributed by atoms with Crippen LogP contribution < -0.4 is 11.1 Å². The molecule has 0 unspecified atom stereocenters. The standard InChI is InChI=1S/C29H32N4O4SSi.C25H27IN2O4Si.C4H6N2S/c1-5-29(36)22-14-24-25-20(15-33(24)26(34)21(22)16-37-27(29)35)18(19-8-6-7-9-23(19)31-25)10-13-39(3,4)17-38-28-30-11-12-32(28)2;1-4-25(31)19-11-21-22-17(12-28(21)23(29)18(19)13-32-24(25)30)15(9-10-33(2,3)14-26)16-7-5-6-8-20(16)27-22;1-6-3-2-5-4(6)7/h6-9,11-12,14,36H,5,10,13,15-17H2,1-4H3;5-8,11,31H,4,9-10,12-14H2,1-3H3;2-3H,1H3,(H,5,7)/t29-;25-;/m00./s1. The predicted octanol–water partition coefficient (Wildman–Crippen LogP) is 9.78. The first kappa shape index (κ1) is 56.4. The molecule has 21 heteroatoms. The van der Waals surface area contributed by atoms with E-state index < -0.39 is 39.3 Å². The van der Waals surface area contributed by atoms with E-state index in [9.17, 15) is 29.4 Å². The van der Waals surface area contributed by atoms with Crippen molar-refractivity contribution in [2.45, 2.75) is 120 Å². The van der Waals surface area contributed by atoms with Crippen molar-refractivity contribution >= 4 is 96.5 Å². The fourth-order valence-electron chi connectivity index (χ4n) is 11.0. The van der Waals surface area contributed by atoms with Gasteiger partial charge in [0, 0.05) is 71.9 Å². The van der Waals surface area contributed by atoms with E-state index in [0.717, 1.165) is 84.6 Å². The lowest BCUT2D eigenvalue weighted by Crippen LogP contribution is -2.44. The molecule has 2 atom stereocenters. The van der Waals surface area contributed by atoms with E-state index in [-0.39, 0.29) is 37.2 Å². The number of alkyl halides is 1. The molecular weight excluding hydrogens is 1180 g/mol. The van der Waals surface area contributed by atoms with Gasteiger partial charge in [-0.3, -0.25) is 9.59 Å². The number of fused-ring (bicyclic) bond motifs is 10. The van der Waals surface area contributed by atoms with Crippen LogP contribution in [0, 0.1) is 4.77 Å². The normalized spacial score (nSPS) is 17.8. The number of carbonyl (C=O) groups is 2. The fourth-order valence-corrected chi connectivity index (χ4v) is 17.3. The van der Waals surface area contributed by atoms with Crippen molar-refractivity contribution in [2.24, 2.45) is 14.1 Å². The molecule has 0 fully saturated rings. The molecule has 10 heterocycles. The van der Waals surface area contributed by atoms with Crippen molar-refractivity contribution in [3.05, 3.63) is 155 Å². The summed E-state index contributed by atoms with van der Waals surface area (Å²) in [6.45, 7) is 13.8. The molecule has 0 spiro atoms. The largest absolute Gasteiger partial charge is 0.458 e. The van der Waals surface area contributed by atoms with Gasteiger partial charge in [0.2, 0.25) is 0 Å². The highest BCUT2D eigenvalue weighted by Gasteiger charge is 2.47. The Morgan fingerprint density at radius 1 is 0.709 bits per heavy atom. The van der Waals surface area contributed by atoms with Gasteiger partial charge < -0.3 is 42.9 Å². The van der Waals surface area contributed by atoms with E-state index in [1.54, 1.807) is 35.1 Å². The van der Waals surface area contributed by atoms with Crippen LogP contribution >= 0.6 is 46.6 Å². The molecule has 0 saturated heterocycles. The van der Waals surface area contributed by atoms with Crippen LogP contribution in [-0.2, 0) is 83.5 Å². The molecular formula is C58H65IN8O8S2Si2. The molecule has 0 saturated carbocycles. The minimum atomic E-state index is -1.83. The Morgan fingerprint density at radius 3 is 1.59 bits per heavy atom. The van der Waals surface area contributed by atoms with Gasteiger partial charge in [0.15, 0.2) is 21.1 Å². The number of aryl methyl sites for hydroxylation is 4. The average Bonchev–Trinajstić information content (AvgIpc) is 4.44. The molecule has 4 aliphatic rings. The third-order valence-corrected chi connectivity index (χ3v) is 31.0. The maximum Gasteiger partial charge on any atom is 0.343 e. The average molecular weight is 1250 g/mol. The first-order valence-electron chi connectivity index (χ1n) is 26.6. The highest BCUT2D eigenvalue weighted by Crippen LogP contribution is 2.43.